The van der Waals surface area contributed by atoms with Gasteiger partial charge < -0.3 is 15.5 Å². The summed E-state index contributed by atoms with van der Waals surface area (Å²) in [4.78, 5) is 17.2. The Balaban J connectivity index is 1.54. The first-order valence-electron chi connectivity index (χ1n) is 9.62. The van der Waals surface area contributed by atoms with Gasteiger partial charge in [-0.25, -0.2) is 9.67 Å². The maximum absolute atomic E-state index is 12.7. The van der Waals surface area contributed by atoms with Crippen LogP contribution in [0, 0.1) is 20.8 Å². The summed E-state index contributed by atoms with van der Waals surface area (Å²) in [5, 5.41) is 11.3. The number of carbonyl (C=O) groups is 1. The summed E-state index contributed by atoms with van der Waals surface area (Å²) in [6, 6.07) is 13.2. The number of carbonyl (C=O) groups excluding carboxylic acids is 1. The number of hydrogen-bond acceptors (Lipinski definition) is 6. The number of nitrogen functional groups attached to an aromatic ring is 1. The molecule has 1 amide bonds. The van der Waals surface area contributed by atoms with Crippen LogP contribution in [0.4, 0.5) is 11.5 Å². The molecule has 0 spiro atoms. The van der Waals surface area contributed by atoms with Crippen LogP contribution in [0.3, 0.4) is 0 Å². The molecule has 8 nitrogen and oxygen atoms in total. The third-order valence-corrected chi connectivity index (χ3v) is 5.40. The number of anilines is 2. The zero-order valence-corrected chi connectivity index (χ0v) is 18.1. The number of nitrogens with two attached hydrogens (primary N) is 1. The fourth-order valence-electron chi connectivity index (χ4n) is 3.06. The van der Waals surface area contributed by atoms with Gasteiger partial charge in [0.25, 0.3) is 5.91 Å². The Kier molecular flexibility index (Phi) is 5.48. The summed E-state index contributed by atoms with van der Waals surface area (Å²) in [7, 11) is 0. The molecule has 0 bridgehead atoms. The van der Waals surface area contributed by atoms with Crippen LogP contribution in [0.1, 0.15) is 33.1 Å². The van der Waals surface area contributed by atoms with Gasteiger partial charge in [-0.2, -0.15) is 0 Å². The maximum Gasteiger partial charge on any atom is 0.280 e. The number of aromatic nitrogens is 4. The van der Waals surface area contributed by atoms with Gasteiger partial charge >= 0.3 is 0 Å². The molecule has 0 radical (unpaired) electrons. The van der Waals surface area contributed by atoms with E-state index in [4.69, 9.17) is 21.8 Å². The Bertz CT molecular complexity index is 1260. The van der Waals surface area contributed by atoms with Crippen LogP contribution in [0.25, 0.3) is 11.5 Å². The third kappa shape index (κ3) is 4.15. The molecule has 0 aliphatic heterocycles. The van der Waals surface area contributed by atoms with Gasteiger partial charge in [0, 0.05) is 16.3 Å². The molecule has 2 heterocycles. The number of amides is 1. The van der Waals surface area contributed by atoms with E-state index in [0.29, 0.717) is 28.1 Å². The van der Waals surface area contributed by atoms with E-state index >= 15 is 0 Å². The van der Waals surface area contributed by atoms with Crippen molar-refractivity contribution in [1.82, 2.24) is 20.0 Å². The Morgan fingerprint density at radius 2 is 1.90 bits per heavy atom. The Morgan fingerprint density at radius 1 is 1.16 bits per heavy atom. The highest BCUT2D eigenvalue weighted by Crippen LogP contribution is 2.25. The molecule has 0 aliphatic rings. The Hall–Kier alpha value is -3.65. The smallest absolute Gasteiger partial charge is 0.280 e. The second-order valence-corrected chi connectivity index (χ2v) is 7.64. The highest BCUT2D eigenvalue weighted by molar-refractivity contribution is 6.31. The number of hydrogen-bond donors (Lipinski definition) is 2. The minimum Gasteiger partial charge on any atom is -0.441 e. The van der Waals surface area contributed by atoms with Gasteiger partial charge in [0.05, 0.1) is 6.54 Å². The lowest BCUT2D eigenvalue weighted by atomic mass is 10.1. The van der Waals surface area contributed by atoms with Crippen LogP contribution in [0.5, 0.6) is 0 Å². The summed E-state index contributed by atoms with van der Waals surface area (Å²) in [6.07, 6.45) is 0. The van der Waals surface area contributed by atoms with E-state index < -0.39 is 5.91 Å². The average molecular weight is 437 g/mol. The molecule has 0 fully saturated rings. The quantitative estimate of drug-likeness (QED) is 0.479. The zero-order chi connectivity index (χ0) is 22.1. The number of halogens is 1. The van der Waals surface area contributed by atoms with Crippen molar-refractivity contribution < 1.29 is 9.21 Å². The summed E-state index contributed by atoms with van der Waals surface area (Å²) < 4.78 is 7.23. The fraction of sp³-hybridized carbons (Fsp3) is 0.182. The van der Waals surface area contributed by atoms with E-state index in [1.807, 2.05) is 45.0 Å². The largest absolute Gasteiger partial charge is 0.441 e. The maximum atomic E-state index is 12.7. The van der Waals surface area contributed by atoms with Crippen LogP contribution in [0.2, 0.25) is 5.02 Å². The molecular formula is C22H21ClN6O2. The lowest BCUT2D eigenvalue weighted by molar-refractivity contribution is 0.102. The molecule has 0 unspecified atom stereocenters. The van der Waals surface area contributed by atoms with Crippen LogP contribution in [-0.2, 0) is 6.54 Å². The molecule has 4 rings (SSSR count). The van der Waals surface area contributed by atoms with Gasteiger partial charge in [0.2, 0.25) is 5.89 Å². The highest BCUT2D eigenvalue weighted by Gasteiger charge is 2.20. The van der Waals surface area contributed by atoms with Crippen molar-refractivity contribution >= 4 is 29.0 Å². The number of benzene rings is 2. The van der Waals surface area contributed by atoms with Crippen molar-refractivity contribution in [3.8, 4) is 11.5 Å². The fourth-order valence-corrected chi connectivity index (χ4v) is 3.23. The zero-order valence-electron chi connectivity index (χ0n) is 17.3. The van der Waals surface area contributed by atoms with Crippen molar-refractivity contribution in [2.45, 2.75) is 27.3 Å². The number of nitrogens with zero attached hydrogens (tertiary/aromatic N) is 4. The third-order valence-electron chi connectivity index (χ3n) is 5.00. The number of nitrogens with one attached hydrogen (secondary N) is 1. The second kappa shape index (κ2) is 8.23. The van der Waals surface area contributed by atoms with E-state index in [2.05, 4.69) is 20.6 Å². The molecular weight excluding hydrogens is 416 g/mol. The lowest BCUT2D eigenvalue weighted by Crippen LogP contribution is -2.16. The van der Waals surface area contributed by atoms with Gasteiger partial charge in [-0.3, -0.25) is 4.79 Å². The molecule has 0 atom stereocenters. The first-order valence-corrected chi connectivity index (χ1v) is 10.00. The molecule has 2 aromatic heterocycles. The minimum absolute atomic E-state index is 0.0271. The summed E-state index contributed by atoms with van der Waals surface area (Å²) in [5.74, 6) is 0.828. The molecule has 158 valence electrons. The van der Waals surface area contributed by atoms with Gasteiger partial charge in [0.15, 0.2) is 11.5 Å². The highest BCUT2D eigenvalue weighted by atomic mass is 35.5. The van der Waals surface area contributed by atoms with Crippen LogP contribution >= 0.6 is 11.6 Å². The van der Waals surface area contributed by atoms with E-state index in [1.54, 1.807) is 18.2 Å². The topological polar surface area (TPSA) is 112 Å². The number of rotatable bonds is 5. The molecule has 4 aromatic rings. The van der Waals surface area contributed by atoms with Crippen LogP contribution in [-0.4, -0.2) is 25.9 Å². The van der Waals surface area contributed by atoms with Crippen LogP contribution < -0.4 is 11.1 Å². The van der Waals surface area contributed by atoms with Gasteiger partial charge in [0.1, 0.15) is 11.5 Å². The molecule has 3 N–H and O–H groups in total. The number of oxazole rings is 1. The molecule has 0 saturated carbocycles. The monoisotopic (exact) mass is 436 g/mol. The van der Waals surface area contributed by atoms with Gasteiger partial charge in [-0.1, -0.05) is 40.6 Å². The second-order valence-electron chi connectivity index (χ2n) is 7.24. The molecule has 2 aromatic carbocycles. The SMILES string of the molecule is Cc1ccc(-c2nc(Cn3nnc(C(=O)Nc4cccc(Cl)c4C)c3N)c(C)o2)cc1. The predicted molar refractivity (Wildman–Crippen MR) is 119 cm³/mol. The average Bonchev–Trinajstić information content (AvgIpc) is 3.29. The normalized spacial score (nSPS) is 11.0. The first kappa shape index (κ1) is 20.6. The Morgan fingerprint density at radius 3 is 2.65 bits per heavy atom. The van der Waals surface area contributed by atoms with Crippen molar-refractivity contribution in [2.24, 2.45) is 0 Å². The predicted octanol–water partition coefficient (Wildman–Crippen LogP) is 4.39. The Labute approximate surface area is 184 Å². The van der Waals surface area contributed by atoms with Crippen LogP contribution in [0.15, 0.2) is 46.9 Å². The van der Waals surface area contributed by atoms with E-state index in [-0.39, 0.29) is 18.1 Å². The van der Waals surface area contributed by atoms with E-state index in [0.717, 1.165) is 16.7 Å². The number of aryl methyl sites for hydroxylation is 2. The van der Waals surface area contributed by atoms with Gasteiger partial charge in [-0.15, -0.1) is 5.10 Å². The van der Waals surface area contributed by atoms with E-state index in [9.17, 15) is 4.79 Å². The molecule has 0 aliphatic carbocycles. The lowest BCUT2D eigenvalue weighted by Gasteiger charge is -2.08. The van der Waals surface area contributed by atoms with Crippen molar-refractivity contribution in [3.63, 3.8) is 0 Å². The summed E-state index contributed by atoms with van der Waals surface area (Å²) >= 11 is 6.11. The molecule has 0 saturated heterocycles. The standard InChI is InChI=1S/C22H21ClN6O2/c1-12-7-9-15(10-8-12)22-26-18(14(3)31-22)11-29-20(24)19(27-28-29)21(30)25-17-6-4-5-16(23)13(17)2/h4-10H,11,24H2,1-3H3,(H,25,30). The van der Waals surface area contributed by atoms with Crippen molar-refractivity contribution in [2.75, 3.05) is 11.1 Å². The van der Waals surface area contributed by atoms with Gasteiger partial charge in [-0.05, 0) is 50.6 Å². The van der Waals surface area contributed by atoms with E-state index in [1.165, 1.54) is 4.68 Å². The summed E-state index contributed by atoms with van der Waals surface area (Å²) in [6.45, 7) is 5.88. The minimum atomic E-state index is -0.466. The van der Waals surface area contributed by atoms with Crippen molar-refractivity contribution in [1.29, 1.82) is 0 Å². The summed E-state index contributed by atoms with van der Waals surface area (Å²) in [5.41, 5.74) is 10.2. The first-order chi connectivity index (χ1) is 14.8. The molecule has 31 heavy (non-hydrogen) atoms. The molecule has 9 heteroatoms. The van der Waals surface area contributed by atoms with Crippen molar-refractivity contribution in [3.05, 3.63) is 75.8 Å².